The molecule has 0 unspecified atom stereocenters. The van der Waals surface area contributed by atoms with Crippen molar-refractivity contribution in [2.45, 2.75) is 24.5 Å². The Kier molecular flexibility index (Phi) is 12.7. The van der Waals surface area contributed by atoms with E-state index in [-0.39, 0.29) is 59.1 Å². The van der Waals surface area contributed by atoms with Gasteiger partial charge in [0.25, 0.3) is 5.56 Å². The van der Waals surface area contributed by atoms with Crippen molar-refractivity contribution in [2.75, 3.05) is 6.61 Å². The van der Waals surface area contributed by atoms with Crippen LogP contribution < -0.4 is 11.2 Å². The van der Waals surface area contributed by atoms with Crippen molar-refractivity contribution in [3.8, 4) is 0 Å². The maximum Gasteiger partial charge on any atom is 0.466 e. The maximum atomic E-state index is 11.4. The second-order valence-corrected chi connectivity index (χ2v) is 5.29. The second-order valence-electron chi connectivity index (χ2n) is 4.26. The Morgan fingerprint density at radius 3 is 2.04 bits per heavy atom. The SMILES string of the molecule is O=P(O)(O)O.O=c1ccn([C@@H]2O[C@H](CO)[C@@H](O)[C@H]2O)c(=O)[nH]1.[Na].[Na]. The molecule has 7 N–H and O–H groups in total. The molecule has 0 spiro atoms. The van der Waals surface area contributed by atoms with Gasteiger partial charge in [-0.05, 0) is 0 Å². The Balaban J connectivity index is 0. The van der Waals surface area contributed by atoms with Gasteiger partial charge in [0, 0.05) is 71.4 Å². The molecule has 1 aliphatic heterocycles. The summed E-state index contributed by atoms with van der Waals surface area (Å²) in [7, 11) is -4.64. The first-order chi connectivity index (χ1) is 10.0. The van der Waals surface area contributed by atoms with Gasteiger partial charge >= 0.3 is 13.5 Å². The molecule has 1 aromatic heterocycles. The summed E-state index contributed by atoms with van der Waals surface area (Å²) in [6.45, 7) is -0.479. The van der Waals surface area contributed by atoms with Crippen molar-refractivity contribution in [1.29, 1.82) is 0 Å². The van der Waals surface area contributed by atoms with Gasteiger partial charge in [-0.25, -0.2) is 9.36 Å². The average molecular weight is 388 g/mol. The van der Waals surface area contributed by atoms with Gasteiger partial charge in [-0.1, -0.05) is 0 Å². The molecule has 0 aromatic carbocycles. The van der Waals surface area contributed by atoms with Gasteiger partial charge in [-0.15, -0.1) is 0 Å². The molecule has 12 nitrogen and oxygen atoms in total. The number of ether oxygens (including phenoxy) is 1. The molecule has 1 aliphatic rings. The molecule has 2 radical (unpaired) electrons. The van der Waals surface area contributed by atoms with E-state index < -0.39 is 50.2 Å². The summed E-state index contributed by atoms with van der Waals surface area (Å²) in [4.78, 5) is 45.9. The monoisotopic (exact) mass is 388 g/mol. The zero-order chi connectivity index (χ0) is 17.1. The van der Waals surface area contributed by atoms with E-state index in [4.69, 9.17) is 29.1 Å². The number of aromatic amines is 1. The molecule has 4 atom stereocenters. The Morgan fingerprint density at radius 1 is 1.17 bits per heavy atom. The summed E-state index contributed by atoms with van der Waals surface area (Å²) in [6.07, 6.45) is -3.58. The quantitative estimate of drug-likeness (QED) is 0.191. The standard InChI is InChI=1S/C9H12N2O6.2Na.H3O4P/c12-3-4-6(14)7(15)8(17-4)11-2-1-5(13)10-9(11)16;;;1-5(2,3)4/h1-2,4,6-8,12,14-15H,3H2,(H,10,13,16);;;(H3,1,2,3,4)/t4-,6-,7-,8-;;;/m1.../s1. The van der Waals surface area contributed by atoms with Crippen LogP contribution in [0.25, 0.3) is 0 Å². The average Bonchev–Trinajstić information content (AvgIpc) is 2.64. The third-order valence-electron chi connectivity index (χ3n) is 2.64. The molecule has 1 fully saturated rings. The maximum absolute atomic E-state index is 11.4. The van der Waals surface area contributed by atoms with Gasteiger partial charge in [-0.2, -0.15) is 0 Å². The molecule has 24 heavy (non-hydrogen) atoms. The number of aliphatic hydroxyl groups is 3. The number of rotatable bonds is 2. The van der Waals surface area contributed by atoms with Crippen LogP contribution in [0.5, 0.6) is 0 Å². The van der Waals surface area contributed by atoms with Crippen LogP contribution in [0.15, 0.2) is 21.9 Å². The van der Waals surface area contributed by atoms with Gasteiger partial charge in [0.1, 0.15) is 18.3 Å². The van der Waals surface area contributed by atoms with E-state index >= 15 is 0 Å². The predicted molar refractivity (Wildman–Crippen MR) is 80.1 cm³/mol. The fourth-order valence-electron chi connectivity index (χ4n) is 1.74. The van der Waals surface area contributed by atoms with Crippen LogP contribution in [0.4, 0.5) is 0 Å². The Labute approximate surface area is 178 Å². The predicted octanol–water partition coefficient (Wildman–Crippen LogP) is -4.54. The van der Waals surface area contributed by atoms with Crippen molar-refractivity contribution in [2.24, 2.45) is 0 Å². The molecular formula is C9H15N2Na2O10P. The Hall–Kier alpha value is 0.630. The molecule has 2 rings (SSSR count). The topological polar surface area (TPSA) is 203 Å². The zero-order valence-electron chi connectivity index (χ0n) is 12.9. The smallest absolute Gasteiger partial charge is 0.394 e. The van der Waals surface area contributed by atoms with Crippen molar-refractivity contribution in [3.63, 3.8) is 0 Å². The molecule has 15 heteroatoms. The van der Waals surface area contributed by atoms with Crippen LogP contribution in [0.2, 0.25) is 0 Å². The van der Waals surface area contributed by atoms with Crippen molar-refractivity contribution < 1.29 is 39.3 Å². The van der Waals surface area contributed by atoms with Crippen LogP contribution in [0.3, 0.4) is 0 Å². The summed E-state index contributed by atoms with van der Waals surface area (Å²) in [5.74, 6) is 0. The van der Waals surface area contributed by atoms with E-state index in [1.807, 2.05) is 4.98 Å². The molecule has 2 heterocycles. The third-order valence-corrected chi connectivity index (χ3v) is 2.64. The second kappa shape index (κ2) is 11.4. The van der Waals surface area contributed by atoms with Gasteiger partial charge in [0.05, 0.1) is 6.61 Å². The number of aliphatic hydroxyl groups excluding tert-OH is 3. The van der Waals surface area contributed by atoms with E-state index in [9.17, 15) is 19.8 Å². The fourth-order valence-corrected chi connectivity index (χ4v) is 1.74. The van der Waals surface area contributed by atoms with Gasteiger partial charge < -0.3 is 34.7 Å². The van der Waals surface area contributed by atoms with Crippen LogP contribution in [0, 0.1) is 0 Å². The number of H-pyrrole nitrogens is 1. The van der Waals surface area contributed by atoms with Crippen molar-refractivity contribution >= 4 is 66.9 Å². The summed E-state index contributed by atoms with van der Waals surface area (Å²) in [6, 6.07) is 1.09. The first-order valence-corrected chi connectivity index (χ1v) is 7.33. The number of aromatic nitrogens is 2. The van der Waals surface area contributed by atoms with Crippen LogP contribution >= 0.6 is 7.82 Å². The van der Waals surface area contributed by atoms with Crippen LogP contribution in [0.1, 0.15) is 6.23 Å². The Morgan fingerprint density at radius 2 is 1.67 bits per heavy atom. The van der Waals surface area contributed by atoms with E-state index in [2.05, 4.69) is 0 Å². The zero-order valence-corrected chi connectivity index (χ0v) is 17.8. The Bertz CT molecular complexity index is 652. The van der Waals surface area contributed by atoms with E-state index in [0.717, 1.165) is 16.8 Å². The molecule has 1 saturated heterocycles. The third kappa shape index (κ3) is 8.34. The van der Waals surface area contributed by atoms with Crippen molar-refractivity contribution in [1.82, 2.24) is 9.55 Å². The summed E-state index contributed by atoms with van der Waals surface area (Å²) in [5.41, 5.74) is -1.33. The molecule has 0 amide bonds. The number of phosphoric acid groups is 1. The van der Waals surface area contributed by atoms with Gasteiger partial charge in [0.2, 0.25) is 0 Å². The summed E-state index contributed by atoms with van der Waals surface area (Å²) < 4.78 is 15.0. The molecule has 0 bridgehead atoms. The fraction of sp³-hybridized carbons (Fsp3) is 0.556. The molecular weight excluding hydrogens is 373 g/mol. The number of hydrogen-bond acceptors (Lipinski definition) is 7. The molecule has 0 saturated carbocycles. The largest absolute Gasteiger partial charge is 0.466 e. The minimum absolute atomic E-state index is 0. The van der Waals surface area contributed by atoms with E-state index in [0.29, 0.717) is 0 Å². The summed E-state index contributed by atoms with van der Waals surface area (Å²) >= 11 is 0. The number of hydrogen-bond donors (Lipinski definition) is 7. The molecule has 1 aromatic rings. The van der Waals surface area contributed by atoms with Gasteiger partial charge in [-0.3, -0.25) is 14.3 Å². The van der Waals surface area contributed by atoms with Gasteiger partial charge in [0.15, 0.2) is 6.23 Å². The molecule has 128 valence electrons. The summed E-state index contributed by atoms with van der Waals surface area (Å²) in [5, 5.41) is 28.1. The van der Waals surface area contributed by atoms with Crippen LogP contribution in [-0.2, 0) is 9.30 Å². The van der Waals surface area contributed by atoms with E-state index in [1.54, 1.807) is 0 Å². The first-order valence-electron chi connectivity index (χ1n) is 5.77. The minimum Gasteiger partial charge on any atom is -0.394 e. The van der Waals surface area contributed by atoms with E-state index in [1.165, 1.54) is 0 Å². The minimum atomic E-state index is -4.64. The normalized spacial score (nSPS) is 25.8. The molecule has 0 aliphatic carbocycles. The first kappa shape index (κ1) is 26.9. The van der Waals surface area contributed by atoms with Crippen molar-refractivity contribution in [3.05, 3.63) is 33.1 Å². The number of nitrogens with zero attached hydrogens (tertiary/aromatic N) is 1. The van der Waals surface area contributed by atoms with Crippen LogP contribution in [-0.4, -0.2) is 124 Å². The number of nitrogens with one attached hydrogen (secondary N) is 1.